The predicted molar refractivity (Wildman–Crippen MR) is 71.7 cm³/mol. The van der Waals surface area contributed by atoms with Gasteiger partial charge in [-0.2, -0.15) is 0 Å². The molecule has 5 heteroatoms. The van der Waals surface area contributed by atoms with Crippen LogP contribution in [-0.2, 0) is 0 Å². The van der Waals surface area contributed by atoms with Crippen molar-refractivity contribution in [3.63, 3.8) is 0 Å². The van der Waals surface area contributed by atoms with Gasteiger partial charge in [0.1, 0.15) is 12.0 Å². The van der Waals surface area contributed by atoms with Gasteiger partial charge in [0.2, 0.25) is 0 Å². The van der Waals surface area contributed by atoms with E-state index in [9.17, 15) is 9.59 Å². The molecule has 1 aromatic carbocycles. The van der Waals surface area contributed by atoms with E-state index in [1.165, 1.54) is 0 Å². The standard InChI is InChI=1S/C13H9BrN2O2/c14-10-3-6-12(15-7-10)13(18)16-11-4-1-9(8-17)2-5-11/h1-8H,(H,16,18). The van der Waals surface area contributed by atoms with E-state index in [0.717, 1.165) is 10.8 Å². The molecule has 1 N–H and O–H groups in total. The Labute approximate surface area is 112 Å². The van der Waals surface area contributed by atoms with Crippen LogP contribution in [-0.4, -0.2) is 17.2 Å². The Bertz CT molecular complexity index is 565. The van der Waals surface area contributed by atoms with Crippen molar-refractivity contribution in [1.29, 1.82) is 0 Å². The maximum Gasteiger partial charge on any atom is 0.274 e. The zero-order valence-corrected chi connectivity index (χ0v) is 10.8. The molecular weight excluding hydrogens is 296 g/mol. The summed E-state index contributed by atoms with van der Waals surface area (Å²) in [5, 5.41) is 2.70. The fraction of sp³-hybridized carbons (Fsp3) is 0. The maximum absolute atomic E-state index is 11.8. The molecule has 4 nitrogen and oxygen atoms in total. The van der Waals surface area contributed by atoms with E-state index >= 15 is 0 Å². The number of carbonyl (C=O) groups is 2. The molecule has 1 aromatic heterocycles. The third kappa shape index (κ3) is 3.01. The topological polar surface area (TPSA) is 59.1 Å². The predicted octanol–water partition coefficient (Wildman–Crippen LogP) is 2.91. The number of pyridine rings is 1. The Morgan fingerprint density at radius 1 is 1.17 bits per heavy atom. The van der Waals surface area contributed by atoms with Gasteiger partial charge in [-0.25, -0.2) is 4.98 Å². The first-order chi connectivity index (χ1) is 8.69. The number of carbonyl (C=O) groups excluding carboxylic acids is 2. The van der Waals surface area contributed by atoms with E-state index in [1.807, 2.05) is 0 Å². The third-order valence-electron chi connectivity index (χ3n) is 2.26. The molecule has 0 aliphatic carbocycles. The first kappa shape index (κ1) is 12.4. The van der Waals surface area contributed by atoms with Gasteiger partial charge in [0.25, 0.3) is 5.91 Å². The van der Waals surface area contributed by atoms with Crippen molar-refractivity contribution in [1.82, 2.24) is 4.98 Å². The lowest BCUT2D eigenvalue weighted by molar-refractivity contribution is 0.102. The minimum absolute atomic E-state index is 0.290. The molecule has 0 radical (unpaired) electrons. The summed E-state index contributed by atoms with van der Waals surface area (Å²) < 4.78 is 0.814. The van der Waals surface area contributed by atoms with Crippen molar-refractivity contribution in [2.45, 2.75) is 0 Å². The van der Waals surface area contributed by atoms with Gasteiger partial charge in [-0.1, -0.05) is 0 Å². The first-order valence-electron chi connectivity index (χ1n) is 5.17. The Morgan fingerprint density at radius 3 is 2.44 bits per heavy atom. The van der Waals surface area contributed by atoms with Crippen LogP contribution in [0.15, 0.2) is 47.1 Å². The molecular formula is C13H9BrN2O2. The van der Waals surface area contributed by atoms with Crippen LogP contribution in [0.5, 0.6) is 0 Å². The lowest BCUT2D eigenvalue weighted by Crippen LogP contribution is -2.13. The van der Waals surface area contributed by atoms with Gasteiger partial charge < -0.3 is 5.32 Å². The number of amides is 1. The highest BCUT2D eigenvalue weighted by molar-refractivity contribution is 9.10. The lowest BCUT2D eigenvalue weighted by atomic mass is 10.2. The second-order valence-corrected chi connectivity index (χ2v) is 4.47. The minimum Gasteiger partial charge on any atom is -0.321 e. The van der Waals surface area contributed by atoms with Crippen LogP contribution >= 0.6 is 15.9 Å². The summed E-state index contributed by atoms with van der Waals surface area (Å²) in [6.07, 6.45) is 2.31. The highest BCUT2D eigenvalue weighted by atomic mass is 79.9. The number of hydrogen-bond acceptors (Lipinski definition) is 3. The summed E-state index contributed by atoms with van der Waals surface area (Å²) in [5.74, 6) is -0.290. The van der Waals surface area contributed by atoms with Crippen LogP contribution in [0.2, 0.25) is 0 Å². The number of aromatic nitrogens is 1. The number of nitrogens with one attached hydrogen (secondary N) is 1. The fourth-order valence-electron chi connectivity index (χ4n) is 1.35. The van der Waals surface area contributed by atoms with Crippen LogP contribution in [0.3, 0.4) is 0 Å². The molecule has 0 unspecified atom stereocenters. The molecule has 18 heavy (non-hydrogen) atoms. The SMILES string of the molecule is O=Cc1ccc(NC(=O)c2ccc(Br)cn2)cc1. The van der Waals surface area contributed by atoms with E-state index in [1.54, 1.807) is 42.6 Å². The largest absolute Gasteiger partial charge is 0.321 e. The lowest BCUT2D eigenvalue weighted by Gasteiger charge is -2.04. The number of hydrogen-bond donors (Lipinski definition) is 1. The zero-order valence-electron chi connectivity index (χ0n) is 9.26. The fourth-order valence-corrected chi connectivity index (χ4v) is 1.58. The second-order valence-electron chi connectivity index (χ2n) is 3.56. The molecule has 1 heterocycles. The number of rotatable bonds is 3. The van der Waals surface area contributed by atoms with E-state index < -0.39 is 0 Å². The average Bonchev–Trinajstić information content (AvgIpc) is 2.40. The molecule has 2 rings (SSSR count). The van der Waals surface area contributed by atoms with Crippen LogP contribution in [0, 0.1) is 0 Å². The summed E-state index contributed by atoms with van der Waals surface area (Å²) >= 11 is 3.25. The molecule has 0 spiro atoms. The second kappa shape index (κ2) is 5.55. The average molecular weight is 305 g/mol. The van der Waals surface area contributed by atoms with Crippen LogP contribution in [0.4, 0.5) is 5.69 Å². The number of halogens is 1. The van der Waals surface area contributed by atoms with Crippen molar-refractivity contribution in [3.8, 4) is 0 Å². The normalized spacial score (nSPS) is 9.83. The molecule has 0 fully saturated rings. The molecule has 1 amide bonds. The van der Waals surface area contributed by atoms with Crippen molar-refractivity contribution in [2.75, 3.05) is 5.32 Å². The Balaban J connectivity index is 2.10. The van der Waals surface area contributed by atoms with Crippen LogP contribution in [0.1, 0.15) is 20.8 Å². The minimum atomic E-state index is -0.290. The molecule has 2 aromatic rings. The van der Waals surface area contributed by atoms with Crippen LogP contribution < -0.4 is 5.32 Å². The molecule has 90 valence electrons. The van der Waals surface area contributed by atoms with Gasteiger partial charge in [0.05, 0.1) is 0 Å². The van der Waals surface area contributed by atoms with Crippen molar-refractivity contribution in [3.05, 3.63) is 58.3 Å². The molecule has 0 bridgehead atoms. The highest BCUT2D eigenvalue weighted by Crippen LogP contribution is 2.11. The number of anilines is 1. The van der Waals surface area contributed by atoms with E-state index in [0.29, 0.717) is 16.9 Å². The highest BCUT2D eigenvalue weighted by Gasteiger charge is 2.07. The van der Waals surface area contributed by atoms with Crippen molar-refractivity contribution >= 4 is 33.8 Å². The zero-order chi connectivity index (χ0) is 13.0. The first-order valence-corrected chi connectivity index (χ1v) is 5.96. The Morgan fingerprint density at radius 2 is 1.89 bits per heavy atom. The molecule has 0 saturated carbocycles. The summed E-state index contributed by atoms with van der Waals surface area (Å²) in [5.41, 5.74) is 1.52. The quantitative estimate of drug-likeness (QED) is 0.887. The smallest absolute Gasteiger partial charge is 0.274 e. The maximum atomic E-state index is 11.8. The number of aldehydes is 1. The van der Waals surface area contributed by atoms with Gasteiger partial charge in [-0.15, -0.1) is 0 Å². The summed E-state index contributed by atoms with van der Waals surface area (Å²) in [6, 6.07) is 9.98. The Kier molecular flexibility index (Phi) is 3.84. The summed E-state index contributed by atoms with van der Waals surface area (Å²) in [4.78, 5) is 26.3. The van der Waals surface area contributed by atoms with E-state index in [2.05, 4.69) is 26.2 Å². The number of benzene rings is 1. The summed E-state index contributed by atoms with van der Waals surface area (Å²) in [7, 11) is 0. The molecule has 0 aliphatic rings. The molecule has 0 atom stereocenters. The van der Waals surface area contributed by atoms with Crippen molar-refractivity contribution < 1.29 is 9.59 Å². The summed E-state index contributed by atoms with van der Waals surface area (Å²) in [6.45, 7) is 0. The third-order valence-corrected chi connectivity index (χ3v) is 2.73. The van der Waals surface area contributed by atoms with Gasteiger partial charge in [-0.05, 0) is 52.3 Å². The van der Waals surface area contributed by atoms with E-state index in [4.69, 9.17) is 0 Å². The van der Waals surface area contributed by atoms with Gasteiger partial charge in [0, 0.05) is 21.9 Å². The van der Waals surface area contributed by atoms with Crippen molar-refractivity contribution in [2.24, 2.45) is 0 Å². The van der Waals surface area contributed by atoms with Crippen LogP contribution in [0.25, 0.3) is 0 Å². The van der Waals surface area contributed by atoms with Gasteiger partial charge >= 0.3 is 0 Å². The van der Waals surface area contributed by atoms with Gasteiger partial charge in [0.15, 0.2) is 0 Å². The van der Waals surface area contributed by atoms with E-state index in [-0.39, 0.29) is 5.91 Å². The molecule has 0 aliphatic heterocycles. The molecule has 0 saturated heterocycles. The Hall–Kier alpha value is -2.01. The van der Waals surface area contributed by atoms with Gasteiger partial charge in [-0.3, -0.25) is 9.59 Å². The number of nitrogens with zero attached hydrogens (tertiary/aromatic N) is 1. The monoisotopic (exact) mass is 304 g/mol.